The normalized spacial score (nSPS) is 14.0. The van der Waals surface area contributed by atoms with Gasteiger partial charge in [0.1, 0.15) is 5.75 Å². The molecule has 0 heterocycles. The number of ether oxygens (including phenoxy) is 1. The molecule has 0 radical (unpaired) electrons. The fraction of sp³-hybridized carbons (Fsp3) is 0.533. The van der Waals surface area contributed by atoms with Crippen LogP contribution in [0, 0.1) is 5.92 Å². The van der Waals surface area contributed by atoms with Crippen molar-refractivity contribution in [2.45, 2.75) is 46.1 Å². The molecule has 0 aromatic heterocycles. The largest absolute Gasteiger partial charge is 0.480 e. The standard InChI is InChI=1S/C15H24N2O2/c1-5-11(4)12-8-6-7-9-13(12)19-14(10(2)3)15(18)17-16/h6-11,14H,5,16H2,1-4H3,(H,17,18). The average Bonchev–Trinajstić information content (AvgIpc) is 2.43. The van der Waals surface area contributed by atoms with Crippen LogP contribution < -0.4 is 16.0 Å². The van der Waals surface area contributed by atoms with E-state index in [4.69, 9.17) is 10.6 Å². The number of hydrogen-bond acceptors (Lipinski definition) is 3. The zero-order valence-electron chi connectivity index (χ0n) is 12.1. The summed E-state index contributed by atoms with van der Waals surface area (Å²) < 4.78 is 5.89. The smallest absolute Gasteiger partial charge is 0.275 e. The summed E-state index contributed by atoms with van der Waals surface area (Å²) in [5.74, 6) is 6.12. The van der Waals surface area contributed by atoms with Gasteiger partial charge in [-0.25, -0.2) is 5.84 Å². The number of benzene rings is 1. The topological polar surface area (TPSA) is 64.3 Å². The number of hydrogen-bond donors (Lipinski definition) is 2. The van der Waals surface area contributed by atoms with Crippen LogP contribution in [0.25, 0.3) is 0 Å². The van der Waals surface area contributed by atoms with E-state index in [1.54, 1.807) is 0 Å². The van der Waals surface area contributed by atoms with Gasteiger partial charge in [0.25, 0.3) is 5.91 Å². The second-order valence-electron chi connectivity index (χ2n) is 5.14. The summed E-state index contributed by atoms with van der Waals surface area (Å²) in [5.41, 5.74) is 3.29. The van der Waals surface area contributed by atoms with E-state index in [9.17, 15) is 4.79 Å². The number of nitrogens with two attached hydrogens (primary N) is 1. The molecule has 0 saturated carbocycles. The van der Waals surface area contributed by atoms with Crippen LogP contribution >= 0.6 is 0 Å². The van der Waals surface area contributed by atoms with E-state index in [0.29, 0.717) is 5.92 Å². The number of carbonyl (C=O) groups is 1. The van der Waals surface area contributed by atoms with E-state index in [1.807, 2.05) is 38.1 Å². The van der Waals surface area contributed by atoms with Crippen LogP contribution in [0.2, 0.25) is 0 Å². The van der Waals surface area contributed by atoms with Crippen molar-refractivity contribution in [2.75, 3.05) is 0 Å². The lowest BCUT2D eigenvalue weighted by Gasteiger charge is -2.23. The lowest BCUT2D eigenvalue weighted by Crippen LogP contribution is -2.45. The first-order valence-electron chi connectivity index (χ1n) is 6.77. The predicted octanol–water partition coefficient (Wildman–Crippen LogP) is 2.59. The molecule has 1 aromatic carbocycles. The minimum Gasteiger partial charge on any atom is -0.480 e. The van der Waals surface area contributed by atoms with Crippen LogP contribution in [-0.2, 0) is 4.79 Å². The third kappa shape index (κ3) is 3.96. The Hall–Kier alpha value is -1.55. The summed E-state index contributed by atoms with van der Waals surface area (Å²) >= 11 is 0. The zero-order chi connectivity index (χ0) is 14.4. The van der Waals surface area contributed by atoms with E-state index in [-0.39, 0.29) is 11.8 Å². The molecule has 106 valence electrons. The number of para-hydroxylation sites is 1. The fourth-order valence-corrected chi connectivity index (χ4v) is 1.93. The number of nitrogens with one attached hydrogen (secondary N) is 1. The molecule has 0 fully saturated rings. The number of rotatable bonds is 6. The number of carbonyl (C=O) groups excluding carboxylic acids is 1. The molecule has 0 bridgehead atoms. The van der Waals surface area contributed by atoms with E-state index in [2.05, 4.69) is 19.3 Å². The van der Waals surface area contributed by atoms with Crippen molar-refractivity contribution >= 4 is 5.91 Å². The summed E-state index contributed by atoms with van der Waals surface area (Å²) in [6.07, 6.45) is 0.450. The van der Waals surface area contributed by atoms with Gasteiger partial charge in [-0.3, -0.25) is 10.2 Å². The summed E-state index contributed by atoms with van der Waals surface area (Å²) in [6, 6.07) is 7.85. The first-order chi connectivity index (χ1) is 9.01. The van der Waals surface area contributed by atoms with Gasteiger partial charge in [-0.15, -0.1) is 0 Å². The molecule has 4 nitrogen and oxygen atoms in total. The molecule has 1 aromatic rings. The Morgan fingerprint density at radius 2 is 1.95 bits per heavy atom. The minimum absolute atomic E-state index is 0.0496. The first-order valence-corrected chi connectivity index (χ1v) is 6.77. The highest BCUT2D eigenvalue weighted by Crippen LogP contribution is 2.29. The first kappa shape index (κ1) is 15.5. The van der Waals surface area contributed by atoms with Crippen LogP contribution in [0.5, 0.6) is 5.75 Å². The van der Waals surface area contributed by atoms with Crippen molar-refractivity contribution in [3.63, 3.8) is 0 Å². The average molecular weight is 264 g/mol. The van der Waals surface area contributed by atoms with Crippen LogP contribution in [0.1, 0.15) is 45.6 Å². The van der Waals surface area contributed by atoms with Gasteiger partial charge in [0.05, 0.1) is 0 Å². The molecule has 4 heteroatoms. The minimum atomic E-state index is -0.574. The molecule has 19 heavy (non-hydrogen) atoms. The third-order valence-electron chi connectivity index (χ3n) is 3.32. The van der Waals surface area contributed by atoms with Crippen molar-refractivity contribution < 1.29 is 9.53 Å². The van der Waals surface area contributed by atoms with Crippen LogP contribution in [0.3, 0.4) is 0 Å². The molecular formula is C15H24N2O2. The van der Waals surface area contributed by atoms with Crippen LogP contribution in [-0.4, -0.2) is 12.0 Å². The van der Waals surface area contributed by atoms with E-state index >= 15 is 0 Å². The van der Waals surface area contributed by atoms with Crippen LogP contribution in [0.15, 0.2) is 24.3 Å². The molecule has 2 atom stereocenters. The van der Waals surface area contributed by atoms with Gasteiger partial charge in [0.15, 0.2) is 6.10 Å². The molecule has 0 saturated heterocycles. The molecule has 0 aliphatic rings. The van der Waals surface area contributed by atoms with E-state index in [1.165, 1.54) is 0 Å². The summed E-state index contributed by atoms with van der Waals surface area (Å²) in [7, 11) is 0. The Balaban J connectivity index is 2.99. The van der Waals surface area contributed by atoms with Crippen LogP contribution in [0.4, 0.5) is 0 Å². The summed E-state index contributed by atoms with van der Waals surface area (Å²) in [4.78, 5) is 11.7. The quantitative estimate of drug-likeness (QED) is 0.471. The second kappa shape index (κ2) is 7.14. The Kier molecular flexibility index (Phi) is 5.83. The van der Waals surface area contributed by atoms with Crippen molar-refractivity contribution in [3.8, 4) is 5.75 Å². The Labute approximate surface area is 115 Å². The molecule has 1 amide bonds. The van der Waals surface area contributed by atoms with Crippen molar-refractivity contribution in [2.24, 2.45) is 11.8 Å². The molecule has 1 rings (SSSR count). The summed E-state index contributed by atoms with van der Waals surface area (Å²) in [5, 5.41) is 0. The predicted molar refractivity (Wildman–Crippen MR) is 76.7 cm³/mol. The molecular weight excluding hydrogens is 240 g/mol. The number of amides is 1. The van der Waals surface area contributed by atoms with Crippen molar-refractivity contribution in [1.29, 1.82) is 0 Å². The third-order valence-corrected chi connectivity index (χ3v) is 3.32. The lowest BCUT2D eigenvalue weighted by molar-refractivity contribution is -0.129. The monoisotopic (exact) mass is 264 g/mol. The maximum atomic E-state index is 11.7. The lowest BCUT2D eigenvalue weighted by atomic mass is 9.97. The SMILES string of the molecule is CCC(C)c1ccccc1OC(C(=O)NN)C(C)C. The molecule has 2 unspecified atom stereocenters. The fourth-order valence-electron chi connectivity index (χ4n) is 1.93. The van der Waals surface area contributed by atoms with E-state index in [0.717, 1.165) is 17.7 Å². The molecule has 0 aliphatic carbocycles. The second-order valence-corrected chi connectivity index (χ2v) is 5.14. The van der Waals surface area contributed by atoms with Crippen molar-refractivity contribution in [1.82, 2.24) is 5.43 Å². The molecule has 0 spiro atoms. The Morgan fingerprint density at radius 1 is 1.32 bits per heavy atom. The van der Waals surface area contributed by atoms with Gasteiger partial charge < -0.3 is 4.74 Å². The molecule has 3 N–H and O–H groups in total. The van der Waals surface area contributed by atoms with Gasteiger partial charge in [0.2, 0.25) is 0 Å². The maximum absolute atomic E-state index is 11.7. The Bertz CT molecular complexity index is 418. The molecule has 0 aliphatic heterocycles. The highest BCUT2D eigenvalue weighted by atomic mass is 16.5. The van der Waals surface area contributed by atoms with E-state index < -0.39 is 6.10 Å². The number of hydrazine groups is 1. The van der Waals surface area contributed by atoms with Crippen molar-refractivity contribution in [3.05, 3.63) is 29.8 Å². The van der Waals surface area contributed by atoms with Gasteiger partial charge >= 0.3 is 0 Å². The zero-order valence-corrected chi connectivity index (χ0v) is 12.1. The van der Waals surface area contributed by atoms with Gasteiger partial charge in [-0.1, -0.05) is 45.9 Å². The highest BCUT2D eigenvalue weighted by molar-refractivity contribution is 5.80. The summed E-state index contributed by atoms with van der Waals surface area (Å²) in [6.45, 7) is 8.15. The van der Waals surface area contributed by atoms with Gasteiger partial charge in [0, 0.05) is 0 Å². The maximum Gasteiger partial charge on any atom is 0.275 e. The highest BCUT2D eigenvalue weighted by Gasteiger charge is 2.24. The Morgan fingerprint density at radius 3 is 2.47 bits per heavy atom. The van der Waals surface area contributed by atoms with Gasteiger partial charge in [-0.2, -0.15) is 0 Å². The van der Waals surface area contributed by atoms with Gasteiger partial charge in [-0.05, 0) is 29.9 Å².